The molecule has 0 N–H and O–H groups in total. The van der Waals surface area contributed by atoms with E-state index in [1.807, 2.05) is 59.3 Å². The molecule has 9 nitrogen and oxygen atoms in total. The molecule has 2 aromatic carbocycles. The van der Waals surface area contributed by atoms with Gasteiger partial charge < -0.3 is 9.47 Å². The maximum Gasteiger partial charge on any atom is 0.332 e. The molecular formula is C23H19N5O4. The van der Waals surface area contributed by atoms with Gasteiger partial charge in [-0.15, -0.1) is 0 Å². The minimum absolute atomic E-state index is 0.332. The molecule has 1 aliphatic rings. The van der Waals surface area contributed by atoms with E-state index in [0.29, 0.717) is 41.7 Å². The second-order valence-corrected chi connectivity index (χ2v) is 7.70. The van der Waals surface area contributed by atoms with Gasteiger partial charge in [0.15, 0.2) is 22.7 Å². The molecule has 0 bridgehead atoms. The highest BCUT2D eigenvalue weighted by molar-refractivity contribution is 5.79. The fourth-order valence-electron chi connectivity index (χ4n) is 4.21. The van der Waals surface area contributed by atoms with Crippen LogP contribution in [0.1, 0.15) is 0 Å². The molecule has 0 radical (unpaired) electrons. The molecule has 160 valence electrons. The predicted octanol–water partition coefficient (Wildman–Crippen LogP) is 2.11. The van der Waals surface area contributed by atoms with Crippen LogP contribution in [0.4, 0.5) is 0 Å². The molecule has 5 aromatic rings. The number of ether oxygens (including phenoxy) is 2. The Morgan fingerprint density at radius 3 is 2.44 bits per heavy atom. The lowest BCUT2D eigenvalue weighted by Gasteiger charge is -2.19. The SMILES string of the molecule is Cn1c(=O)c2c(nc3n(-c4ccc5c(c4)OCCO5)c(-c4ccccc4)cn23)n(C)c1=O. The lowest BCUT2D eigenvalue weighted by molar-refractivity contribution is 0.171. The number of aromatic nitrogens is 5. The molecule has 0 atom stereocenters. The second-order valence-electron chi connectivity index (χ2n) is 7.70. The first-order valence-electron chi connectivity index (χ1n) is 10.2. The Morgan fingerprint density at radius 2 is 1.66 bits per heavy atom. The van der Waals surface area contributed by atoms with E-state index in [2.05, 4.69) is 0 Å². The van der Waals surface area contributed by atoms with E-state index in [1.54, 1.807) is 11.4 Å². The molecule has 1 aliphatic heterocycles. The number of benzene rings is 2. The van der Waals surface area contributed by atoms with Crippen molar-refractivity contribution < 1.29 is 9.47 Å². The number of hydrogen-bond donors (Lipinski definition) is 0. The summed E-state index contributed by atoms with van der Waals surface area (Å²) in [6, 6.07) is 15.6. The number of hydrogen-bond acceptors (Lipinski definition) is 5. The Kier molecular flexibility index (Phi) is 3.82. The highest BCUT2D eigenvalue weighted by Crippen LogP contribution is 2.35. The predicted molar refractivity (Wildman–Crippen MR) is 119 cm³/mol. The number of imidazole rings is 2. The third kappa shape index (κ3) is 2.48. The molecule has 6 rings (SSSR count). The van der Waals surface area contributed by atoms with Crippen molar-refractivity contribution in [1.82, 2.24) is 23.1 Å². The zero-order chi connectivity index (χ0) is 22.0. The number of aryl methyl sites for hydroxylation is 1. The first-order valence-corrected chi connectivity index (χ1v) is 10.2. The van der Waals surface area contributed by atoms with E-state index in [4.69, 9.17) is 14.5 Å². The number of rotatable bonds is 2. The van der Waals surface area contributed by atoms with Crippen molar-refractivity contribution in [2.75, 3.05) is 13.2 Å². The smallest absolute Gasteiger partial charge is 0.332 e. The molecule has 3 aromatic heterocycles. The summed E-state index contributed by atoms with van der Waals surface area (Å²) in [6.45, 7) is 0.993. The Bertz CT molecular complexity index is 1640. The molecule has 9 heteroatoms. The first kappa shape index (κ1) is 18.5. The minimum atomic E-state index is -0.419. The summed E-state index contributed by atoms with van der Waals surface area (Å²) in [7, 11) is 3.09. The summed E-state index contributed by atoms with van der Waals surface area (Å²) in [4.78, 5) is 30.2. The van der Waals surface area contributed by atoms with Gasteiger partial charge in [-0.1, -0.05) is 30.3 Å². The van der Waals surface area contributed by atoms with Gasteiger partial charge in [-0.25, -0.2) is 4.79 Å². The van der Waals surface area contributed by atoms with E-state index in [-0.39, 0.29) is 0 Å². The van der Waals surface area contributed by atoms with Crippen molar-refractivity contribution >= 4 is 16.9 Å². The second kappa shape index (κ2) is 6.61. The van der Waals surface area contributed by atoms with Crippen LogP contribution in [0.25, 0.3) is 33.9 Å². The van der Waals surface area contributed by atoms with Crippen LogP contribution in [0.5, 0.6) is 11.5 Å². The zero-order valence-corrected chi connectivity index (χ0v) is 17.5. The minimum Gasteiger partial charge on any atom is -0.486 e. The molecule has 32 heavy (non-hydrogen) atoms. The lowest BCUT2D eigenvalue weighted by atomic mass is 10.1. The molecule has 4 heterocycles. The van der Waals surface area contributed by atoms with Gasteiger partial charge in [-0.05, 0) is 12.1 Å². The average molecular weight is 429 g/mol. The van der Waals surface area contributed by atoms with Crippen LogP contribution in [0, 0.1) is 0 Å². The summed E-state index contributed by atoms with van der Waals surface area (Å²) in [5, 5.41) is 0. The summed E-state index contributed by atoms with van der Waals surface area (Å²) >= 11 is 0. The first-order chi connectivity index (χ1) is 15.5. The van der Waals surface area contributed by atoms with Gasteiger partial charge in [0.1, 0.15) is 13.2 Å². The molecule has 0 unspecified atom stereocenters. The fraction of sp³-hybridized carbons (Fsp3) is 0.174. The van der Waals surface area contributed by atoms with Crippen LogP contribution in [-0.2, 0) is 14.1 Å². The Labute approximate surface area is 181 Å². The van der Waals surface area contributed by atoms with E-state index in [1.165, 1.54) is 11.6 Å². The van der Waals surface area contributed by atoms with Gasteiger partial charge in [0, 0.05) is 31.9 Å². The van der Waals surface area contributed by atoms with Gasteiger partial charge in [-0.3, -0.25) is 22.9 Å². The van der Waals surface area contributed by atoms with Crippen molar-refractivity contribution in [3.05, 3.63) is 75.6 Å². The normalized spacial score (nSPS) is 13.2. The summed E-state index contributed by atoms with van der Waals surface area (Å²) in [5.74, 6) is 1.86. The molecule has 0 saturated heterocycles. The molecule has 0 aliphatic carbocycles. The van der Waals surface area contributed by atoms with Crippen molar-refractivity contribution in [2.45, 2.75) is 0 Å². The number of nitrogens with zero attached hydrogens (tertiary/aromatic N) is 5. The Morgan fingerprint density at radius 1 is 0.906 bits per heavy atom. The Balaban J connectivity index is 1.74. The fourth-order valence-corrected chi connectivity index (χ4v) is 4.21. The average Bonchev–Trinajstić information content (AvgIpc) is 3.38. The van der Waals surface area contributed by atoms with E-state index >= 15 is 0 Å². The topological polar surface area (TPSA) is 84.7 Å². The van der Waals surface area contributed by atoms with Crippen LogP contribution < -0.4 is 20.7 Å². The molecule has 0 amide bonds. The molecule has 0 spiro atoms. The summed E-state index contributed by atoms with van der Waals surface area (Å²) < 4.78 is 17.6. The standard InChI is InChI=1S/C23H19N5O4/c1-25-20-19(21(29)26(2)23(25)30)27-13-16(14-6-4-3-5-7-14)28(22(27)24-20)15-8-9-17-18(12-15)32-11-10-31-17/h3-9,12-13H,10-11H2,1-2H3. The van der Waals surface area contributed by atoms with Crippen molar-refractivity contribution in [2.24, 2.45) is 14.1 Å². The van der Waals surface area contributed by atoms with E-state index in [0.717, 1.165) is 21.5 Å². The highest BCUT2D eigenvalue weighted by atomic mass is 16.6. The highest BCUT2D eigenvalue weighted by Gasteiger charge is 2.22. The molecule has 0 saturated carbocycles. The maximum absolute atomic E-state index is 13.0. The van der Waals surface area contributed by atoms with Crippen LogP contribution >= 0.6 is 0 Å². The van der Waals surface area contributed by atoms with Gasteiger partial charge in [0.05, 0.1) is 11.4 Å². The van der Waals surface area contributed by atoms with Gasteiger partial charge in [0.25, 0.3) is 5.56 Å². The number of fused-ring (bicyclic) bond motifs is 4. The van der Waals surface area contributed by atoms with Gasteiger partial charge in [-0.2, -0.15) is 4.98 Å². The maximum atomic E-state index is 13.0. The van der Waals surface area contributed by atoms with E-state index < -0.39 is 11.2 Å². The van der Waals surface area contributed by atoms with Gasteiger partial charge >= 0.3 is 5.69 Å². The lowest BCUT2D eigenvalue weighted by Crippen LogP contribution is -2.37. The molecular weight excluding hydrogens is 410 g/mol. The summed E-state index contributed by atoms with van der Waals surface area (Å²) in [6.07, 6.45) is 1.88. The van der Waals surface area contributed by atoms with Gasteiger partial charge in [0.2, 0.25) is 5.78 Å². The third-order valence-electron chi connectivity index (χ3n) is 5.82. The van der Waals surface area contributed by atoms with Crippen molar-refractivity contribution in [3.63, 3.8) is 0 Å². The summed E-state index contributed by atoms with van der Waals surface area (Å²) in [5.41, 5.74) is 2.48. The van der Waals surface area contributed by atoms with Crippen LogP contribution in [0.15, 0.2) is 64.3 Å². The zero-order valence-electron chi connectivity index (χ0n) is 17.5. The van der Waals surface area contributed by atoms with E-state index in [9.17, 15) is 9.59 Å². The van der Waals surface area contributed by atoms with Crippen LogP contribution in [-0.4, -0.2) is 36.3 Å². The quantitative estimate of drug-likeness (QED) is 0.429. The Hall–Kier alpha value is -4.27. The van der Waals surface area contributed by atoms with Crippen LogP contribution in [0.2, 0.25) is 0 Å². The molecule has 0 fully saturated rings. The third-order valence-corrected chi connectivity index (χ3v) is 5.82. The largest absolute Gasteiger partial charge is 0.486 e. The van der Waals surface area contributed by atoms with Crippen molar-refractivity contribution in [3.8, 4) is 28.4 Å². The van der Waals surface area contributed by atoms with Crippen LogP contribution in [0.3, 0.4) is 0 Å². The monoisotopic (exact) mass is 429 g/mol. The van der Waals surface area contributed by atoms with Crippen molar-refractivity contribution in [1.29, 1.82) is 0 Å².